The highest BCUT2D eigenvalue weighted by molar-refractivity contribution is 6.30. The number of halogens is 1. The van der Waals surface area contributed by atoms with Crippen LogP contribution in [-0.2, 0) is 18.4 Å². The molecule has 6 heteroatoms. The fourth-order valence-electron chi connectivity index (χ4n) is 3.14. The third-order valence-electron chi connectivity index (χ3n) is 4.51. The van der Waals surface area contributed by atoms with Crippen LogP contribution in [0.15, 0.2) is 60.9 Å². The molecule has 1 atom stereocenters. The molecule has 0 saturated carbocycles. The number of aromatic hydroxyl groups is 1. The standard InChI is InChI=1S/C21H22ClN3O2/c1-24(13-15-12-23-25(2)14-15)21(27)11-20(16-5-3-7-18(22)9-16)17-6-4-8-19(26)10-17/h3-10,12,14,20,26H,11,13H2,1-2H3/t20-/m1/s1. The Bertz CT molecular complexity index is 893. The minimum Gasteiger partial charge on any atom is -0.508 e. The highest BCUT2D eigenvalue weighted by Gasteiger charge is 2.21. The number of aromatic nitrogens is 2. The number of hydrogen-bond donors (Lipinski definition) is 1. The minimum atomic E-state index is -0.195. The zero-order chi connectivity index (χ0) is 19.4. The molecule has 0 spiro atoms. The van der Waals surface area contributed by atoms with E-state index in [0.29, 0.717) is 11.6 Å². The van der Waals surface area contributed by atoms with Gasteiger partial charge in [-0.15, -0.1) is 0 Å². The largest absolute Gasteiger partial charge is 0.508 e. The number of carbonyl (C=O) groups excluding carboxylic acids is 1. The summed E-state index contributed by atoms with van der Waals surface area (Å²) in [5, 5.41) is 14.6. The number of nitrogens with zero attached hydrogens (tertiary/aromatic N) is 3. The lowest BCUT2D eigenvalue weighted by atomic mass is 9.88. The Morgan fingerprint density at radius 2 is 1.93 bits per heavy atom. The van der Waals surface area contributed by atoms with Crippen molar-refractivity contribution in [2.75, 3.05) is 7.05 Å². The molecule has 1 N–H and O–H groups in total. The van der Waals surface area contributed by atoms with E-state index in [2.05, 4.69) is 5.10 Å². The Hall–Kier alpha value is -2.79. The van der Waals surface area contributed by atoms with Gasteiger partial charge in [0.1, 0.15) is 5.75 Å². The van der Waals surface area contributed by atoms with Crippen LogP contribution in [0.5, 0.6) is 5.75 Å². The summed E-state index contributed by atoms with van der Waals surface area (Å²) in [4.78, 5) is 14.6. The number of phenolic OH excluding ortho intramolecular Hbond substituents is 1. The molecule has 5 nitrogen and oxygen atoms in total. The van der Waals surface area contributed by atoms with Gasteiger partial charge in [-0.25, -0.2) is 0 Å². The van der Waals surface area contributed by atoms with Crippen molar-refractivity contribution < 1.29 is 9.90 Å². The van der Waals surface area contributed by atoms with Crippen LogP contribution < -0.4 is 0 Å². The zero-order valence-corrected chi connectivity index (χ0v) is 16.1. The topological polar surface area (TPSA) is 58.4 Å². The van der Waals surface area contributed by atoms with Gasteiger partial charge in [0, 0.05) is 49.8 Å². The Morgan fingerprint density at radius 1 is 1.22 bits per heavy atom. The molecular weight excluding hydrogens is 362 g/mol. The number of carbonyl (C=O) groups is 1. The van der Waals surface area contributed by atoms with Gasteiger partial charge in [0.15, 0.2) is 0 Å². The average molecular weight is 384 g/mol. The van der Waals surface area contributed by atoms with Crippen molar-refractivity contribution in [2.45, 2.75) is 18.9 Å². The Labute approximate surface area is 163 Å². The maximum absolute atomic E-state index is 12.9. The molecule has 0 fully saturated rings. The van der Waals surface area contributed by atoms with Gasteiger partial charge >= 0.3 is 0 Å². The van der Waals surface area contributed by atoms with E-state index < -0.39 is 0 Å². The van der Waals surface area contributed by atoms with E-state index in [1.165, 1.54) is 0 Å². The lowest BCUT2D eigenvalue weighted by Crippen LogP contribution is -2.27. The van der Waals surface area contributed by atoms with Crippen LogP contribution in [0.2, 0.25) is 5.02 Å². The minimum absolute atomic E-state index is 0.00664. The van der Waals surface area contributed by atoms with E-state index in [4.69, 9.17) is 11.6 Å². The van der Waals surface area contributed by atoms with Crippen molar-refractivity contribution in [3.8, 4) is 5.75 Å². The highest BCUT2D eigenvalue weighted by Crippen LogP contribution is 2.32. The fraction of sp³-hybridized carbons (Fsp3) is 0.238. The van der Waals surface area contributed by atoms with E-state index in [0.717, 1.165) is 16.7 Å². The van der Waals surface area contributed by atoms with Crippen molar-refractivity contribution in [3.05, 3.63) is 82.6 Å². The van der Waals surface area contributed by atoms with Crippen LogP contribution in [0.3, 0.4) is 0 Å². The average Bonchev–Trinajstić information content (AvgIpc) is 3.04. The summed E-state index contributed by atoms with van der Waals surface area (Å²) in [5.74, 6) is -0.0116. The van der Waals surface area contributed by atoms with E-state index in [9.17, 15) is 9.90 Å². The molecule has 0 aliphatic carbocycles. The summed E-state index contributed by atoms with van der Waals surface area (Å²) >= 11 is 6.16. The normalized spacial score (nSPS) is 12.0. The van der Waals surface area contributed by atoms with Gasteiger partial charge in [-0.2, -0.15) is 5.10 Å². The summed E-state index contributed by atoms with van der Waals surface area (Å²) in [6.07, 6.45) is 3.93. The SMILES string of the molecule is CN(Cc1cnn(C)c1)C(=O)C[C@@H](c1cccc(O)c1)c1cccc(Cl)c1. The first kappa shape index (κ1) is 19.0. The molecule has 0 bridgehead atoms. The van der Waals surface area contributed by atoms with Gasteiger partial charge in [-0.3, -0.25) is 9.48 Å². The molecule has 0 aliphatic heterocycles. The van der Waals surface area contributed by atoms with E-state index in [1.807, 2.05) is 37.5 Å². The second-order valence-electron chi connectivity index (χ2n) is 6.68. The van der Waals surface area contributed by atoms with Crippen LogP contribution in [-0.4, -0.2) is 32.7 Å². The molecule has 140 valence electrons. The molecule has 0 saturated heterocycles. The quantitative estimate of drug-likeness (QED) is 0.700. The highest BCUT2D eigenvalue weighted by atomic mass is 35.5. The molecule has 3 rings (SSSR count). The maximum atomic E-state index is 12.9. The number of amides is 1. The molecule has 1 aromatic heterocycles. The summed E-state index contributed by atoms with van der Waals surface area (Å²) in [5.41, 5.74) is 2.79. The van der Waals surface area contributed by atoms with E-state index in [1.54, 1.807) is 47.1 Å². The maximum Gasteiger partial charge on any atom is 0.223 e. The molecule has 0 unspecified atom stereocenters. The lowest BCUT2D eigenvalue weighted by Gasteiger charge is -2.22. The molecule has 1 amide bonds. The van der Waals surface area contributed by atoms with Gasteiger partial charge in [-0.1, -0.05) is 35.9 Å². The predicted molar refractivity (Wildman–Crippen MR) is 106 cm³/mol. The van der Waals surface area contributed by atoms with Crippen molar-refractivity contribution in [3.63, 3.8) is 0 Å². The number of phenols is 1. The first-order valence-electron chi connectivity index (χ1n) is 8.68. The van der Waals surface area contributed by atoms with Crippen molar-refractivity contribution in [1.29, 1.82) is 0 Å². The zero-order valence-electron chi connectivity index (χ0n) is 15.3. The second kappa shape index (κ2) is 8.27. The van der Waals surface area contributed by atoms with Crippen molar-refractivity contribution in [1.82, 2.24) is 14.7 Å². The van der Waals surface area contributed by atoms with Crippen LogP contribution in [0.1, 0.15) is 29.0 Å². The molecule has 1 heterocycles. The molecule has 27 heavy (non-hydrogen) atoms. The first-order chi connectivity index (χ1) is 12.9. The van der Waals surface area contributed by atoms with E-state index >= 15 is 0 Å². The number of aryl methyl sites for hydroxylation is 1. The van der Waals surface area contributed by atoms with Gasteiger partial charge in [0.25, 0.3) is 0 Å². The van der Waals surface area contributed by atoms with Gasteiger partial charge in [-0.05, 0) is 35.4 Å². The second-order valence-corrected chi connectivity index (χ2v) is 7.12. The summed E-state index contributed by atoms with van der Waals surface area (Å²) in [7, 11) is 3.63. The van der Waals surface area contributed by atoms with Crippen LogP contribution in [0, 0.1) is 0 Å². The fourth-order valence-corrected chi connectivity index (χ4v) is 3.34. The smallest absolute Gasteiger partial charge is 0.223 e. The summed E-state index contributed by atoms with van der Waals surface area (Å²) in [6.45, 7) is 0.495. The molecule has 2 aromatic carbocycles. The van der Waals surface area contributed by atoms with Crippen LogP contribution in [0.25, 0.3) is 0 Å². The lowest BCUT2D eigenvalue weighted by molar-refractivity contribution is -0.130. The van der Waals surface area contributed by atoms with Gasteiger partial charge in [0.2, 0.25) is 5.91 Å². The third-order valence-corrected chi connectivity index (χ3v) is 4.74. The van der Waals surface area contributed by atoms with Crippen molar-refractivity contribution in [2.24, 2.45) is 7.05 Å². The number of hydrogen-bond acceptors (Lipinski definition) is 3. The predicted octanol–water partition coefficient (Wildman–Crippen LogP) is 3.96. The Balaban J connectivity index is 1.83. The summed E-state index contributed by atoms with van der Waals surface area (Å²) in [6, 6.07) is 14.5. The molecular formula is C21H22ClN3O2. The van der Waals surface area contributed by atoms with Crippen LogP contribution >= 0.6 is 11.6 Å². The molecule has 3 aromatic rings. The summed E-state index contributed by atoms with van der Waals surface area (Å²) < 4.78 is 1.72. The number of benzene rings is 2. The van der Waals surface area contributed by atoms with Gasteiger partial charge in [0.05, 0.1) is 6.20 Å². The monoisotopic (exact) mass is 383 g/mol. The Morgan fingerprint density at radius 3 is 2.56 bits per heavy atom. The van der Waals surface area contributed by atoms with Gasteiger partial charge < -0.3 is 10.0 Å². The Kier molecular flexibility index (Phi) is 5.81. The third kappa shape index (κ3) is 4.89. The van der Waals surface area contributed by atoms with Crippen molar-refractivity contribution >= 4 is 17.5 Å². The van der Waals surface area contributed by atoms with Crippen LogP contribution in [0.4, 0.5) is 0 Å². The first-order valence-corrected chi connectivity index (χ1v) is 9.06. The van der Waals surface area contributed by atoms with E-state index in [-0.39, 0.29) is 24.0 Å². The molecule has 0 radical (unpaired) electrons. The number of rotatable bonds is 6. The molecule has 0 aliphatic rings.